The highest BCUT2D eigenvalue weighted by Crippen LogP contribution is 2.10. The first-order chi connectivity index (χ1) is 13.9. The molecule has 1 aliphatic rings. The van der Waals surface area contributed by atoms with E-state index >= 15 is 0 Å². The SMILES string of the molecule is Cc1ccc(/C=C/S(=O)(=O)NCCC(=O)OCC(=O)N2CCCCCCC2)cc1. The quantitative estimate of drug-likeness (QED) is 0.650. The highest BCUT2D eigenvalue weighted by Gasteiger charge is 2.16. The Kier molecular flexibility index (Phi) is 9.34. The van der Waals surface area contributed by atoms with E-state index in [1.54, 1.807) is 4.90 Å². The molecule has 0 radical (unpaired) electrons. The molecule has 2 rings (SSSR count). The van der Waals surface area contributed by atoms with Gasteiger partial charge in [0, 0.05) is 25.0 Å². The van der Waals surface area contributed by atoms with Gasteiger partial charge in [-0.3, -0.25) is 9.59 Å². The van der Waals surface area contributed by atoms with Crippen LogP contribution in [0.3, 0.4) is 0 Å². The lowest BCUT2D eigenvalue weighted by Gasteiger charge is -2.24. The van der Waals surface area contributed by atoms with Gasteiger partial charge in [0.05, 0.1) is 6.42 Å². The van der Waals surface area contributed by atoms with E-state index in [1.165, 1.54) is 12.5 Å². The topological polar surface area (TPSA) is 92.8 Å². The Morgan fingerprint density at radius 3 is 2.34 bits per heavy atom. The lowest BCUT2D eigenvalue weighted by atomic mass is 10.1. The number of hydrogen-bond donors (Lipinski definition) is 1. The van der Waals surface area contributed by atoms with Crippen LogP contribution in [0.4, 0.5) is 0 Å². The van der Waals surface area contributed by atoms with Crippen LogP contribution in [0.15, 0.2) is 29.7 Å². The number of hydrogen-bond acceptors (Lipinski definition) is 5. The van der Waals surface area contributed by atoms with Crippen molar-refractivity contribution in [2.45, 2.75) is 45.4 Å². The third-order valence-electron chi connectivity index (χ3n) is 4.71. The summed E-state index contributed by atoms with van der Waals surface area (Å²) in [5.41, 5.74) is 1.86. The number of sulfonamides is 1. The minimum absolute atomic E-state index is 0.0860. The van der Waals surface area contributed by atoms with Crippen molar-refractivity contribution in [2.75, 3.05) is 26.2 Å². The first-order valence-electron chi connectivity index (χ1n) is 10.0. The zero-order valence-electron chi connectivity index (χ0n) is 16.9. The zero-order valence-corrected chi connectivity index (χ0v) is 17.7. The van der Waals surface area contributed by atoms with Crippen LogP contribution in [0, 0.1) is 6.92 Å². The van der Waals surface area contributed by atoms with E-state index in [4.69, 9.17) is 4.74 Å². The number of aryl methyl sites for hydroxylation is 1. The number of carbonyl (C=O) groups excluding carboxylic acids is 2. The number of likely N-dealkylation sites (tertiary alicyclic amines) is 1. The van der Waals surface area contributed by atoms with Gasteiger partial charge in [-0.1, -0.05) is 49.1 Å². The van der Waals surface area contributed by atoms with E-state index in [1.807, 2.05) is 31.2 Å². The molecule has 7 nitrogen and oxygen atoms in total. The Morgan fingerprint density at radius 2 is 1.69 bits per heavy atom. The number of esters is 1. The van der Waals surface area contributed by atoms with Gasteiger partial charge in [0.25, 0.3) is 5.91 Å². The van der Waals surface area contributed by atoms with Crippen LogP contribution in [0.25, 0.3) is 6.08 Å². The average Bonchev–Trinajstić information content (AvgIpc) is 2.65. The Bertz CT molecular complexity index is 795. The first kappa shape index (κ1) is 23.1. The molecule has 1 amide bonds. The molecule has 1 aromatic rings. The number of amides is 1. The Labute approximate surface area is 173 Å². The summed E-state index contributed by atoms with van der Waals surface area (Å²) in [6, 6.07) is 7.43. The van der Waals surface area contributed by atoms with Crippen LogP contribution in [-0.2, 0) is 24.3 Å². The molecule has 29 heavy (non-hydrogen) atoms. The van der Waals surface area contributed by atoms with Crippen LogP contribution in [0.1, 0.15) is 49.7 Å². The van der Waals surface area contributed by atoms with Gasteiger partial charge < -0.3 is 9.64 Å². The Hall–Kier alpha value is -2.19. The van der Waals surface area contributed by atoms with Crippen LogP contribution in [0.5, 0.6) is 0 Å². The van der Waals surface area contributed by atoms with Crippen molar-refractivity contribution in [3.05, 3.63) is 40.8 Å². The van der Waals surface area contributed by atoms with Gasteiger partial charge in [0.15, 0.2) is 6.61 Å². The standard InChI is InChI=1S/C21H30N2O5S/c1-18-7-9-19(10-8-18)12-16-29(26,27)22-13-11-21(25)28-17-20(24)23-14-5-3-2-4-6-15-23/h7-10,12,16,22H,2-6,11,13-15,17H2,1H3/b16-12+. The van der Waals surface area contributed by atoms with Crippen molar-refractivity contribution in [3.63, 3.8) is 0 Å². The van der Waals surface area contributed by atoms with E-state index in [0.29, 0.717) is 13.1 Å². The molecule has 0 atom stereocenters. The molecule has 1 saturated heterocycles. The highest BCUT2D eigenvalue weighted by atomic mass is 32.2. The number of carbonyl (C=O) groups is 2. The second-order valence-electron chi connectivity index (χ2n) is 7.21. The second-order valence-corrected chi connectivity index (χ2v) is 8.86. The summed E-state index contributed by atoms with van der Waals surface area (Å²) < 4.78 is 31.3. The van der Waals surface area contributed by atoms with Crippen molar-refractivity contribution >= 4 is 28.0 Å². The maximum atomic E-state index is 12.2. The summed E-state index contributed by atoms with van der Waals surface area (Å²) in [5, 5.41) is 1.06. The molecule has 0 spiro atoms. The first-order valence-corrected chi connectivity index (χ1v) is 11.6. The van der Waals surface area contributed by atoms with Crippen molar-refractivity contribution in [1.82, 2.24) is 9.62 Å². The second kappa shape index (κ2) is 11.7. The van der Waals surface area contributed by atoms with E-state index < -0.39 is 16.0 Å². The molecule has 1 fully saturated rings. The van der Waals surface area contributed by atoms with Gasteiger partial charge in [-0.25, -0.2) is 13.1 Å². The number of ether oxygens (including phenoxy) is 1. The fourth-order valence-electron chi connectivity index (χ4n) is 2.99. The van der Waals surface area contributed by atoms with Crippen LogP contribution >= 0.6 is 0 Å². The van der Waals surface area contributed by atoms with Crippen LogP contribution in [0.2, 0.25) is 0 Å². The van der Waals surface area contributed by atoms with Gasteiger partial charge >= 0.3 is 5.97 Å². The summed E-state index contributed by atoms with van der Waals surface area (Å²) in [6.45, 7) is 2.97. The molecule has 0 saturated carbocycles. The summed E-state index contributed by atoms with van der Waals surface area (Å²) in [6.07, 6.45) is 6.72. The maximum absolute atomic E-state index is 12.2. The molecular weight excluding hydrogens is 392 g/mol. The maximum Gasteiger partial charge on any atom is 0.307 e. The van der Waals surface area contributed by atoms with Gasteiger partial charge in [-0.05, 0) is 31.4 Å². The molecule has 1 heterocycles. The molecule has 0 aromatic heterocycles. The average molecular weight is 423 g/mol. The molecule has 0 aliphatic carbocycles. The van der Waals surface area contributed by atoms with Crippen molar-refractivity contribution in [1.29, 1.82) is 0 Å². The predicted molar refractivity (Wildman–Crippen MR) is 112 cm³/mol. The van der Waals surface area contributed by atoms with Crippen molar-refractivity contribution in [2.24, 2.45) is 0 Å². The number of rotatable bonds is 8. The Morgan fingerprint density at radius 1 is 1.07 bits per heavy atom. The minimum Gasteiger partial charge on any atom is -0.456 e. The van der Waals surface area contributed by atoms with E-state index in [0.717, 1.165) is 42.2 Å². The van der Waals surface area contributed by atoms with Gasteiger partial charge in [-0.15, -0.1) is 0 Å². The smallest absolute Gasteiger partial charge is 0.307 e. The van der Waals surface area contributed by atoms with Gasteiger partial charge in [0.2, 0.25) is 10.0 Å². The zero-order chi connectivity index (χ0) is 21.1. The van der Waals surface area contributed by atoms with Crippen LogP contribution in [-0.4, -0.2) is 51.4 Å². The molecule has 160 valence electrons. The summed E-state index contributed by atoms with van der Waals surface area (Å²) in [5.74, 6) is -0.794. The molecule has 0 bridgehead atoms. The van der Waals surface area contributed by atoms with Gasteiger partial charge in [0.1, 0.15) is 0 Å². The number of benzene rings is 1. The summed E-state index contributed by atoms with van der Waals surface area (Å²) in [7, 11) is -3.65. The highest BCUT2D eigenvalue weighted by molar-refractivity contribution is 7.92. The Balaban J connectivity index is 1.68. The molecule has 8 heteroatoms. The largest absolute Gasteiger partial charge is 0.456 e. The molecule has 0 unspecified atom stereocenters. The summed E-state index contributed by atoms with van der Waals surface area (Å²) >= 11 is 0. The van der Waals surface area contributed by atoms with Crippen LogP contribution < -0.4 is 4.72 Å². The van der Waals surface area contributed by atoms with Gasteiger partial charge in [-0.2, -0.15) is 0 Å². The fourth-order valence-corrected chi connectivity index (χ4v) is 3.81. The van der Waals surface area contributed by atoms with E-state index in [2.05, 4.69) is 4.72 Å². The molecule has 1 aromatic carbocycles. The third-order valence-corrected chi connectivity index (χ3v) is 5.82. The van der Waals surface area contributed by atoms with Crippen molar-refractivity contribution in [3.8, 4) is 0 Å². The van der Waals surface area contributed by atoms with E-state index in [-0.39, 0.29) is 25.5 Å². The normalized spacial score (nSPS) is 15.7. The number of nitrogens with one attached hydrogen (secondary N) is 1. The molecular formula is C21H30N2O5S. The fraction of sp³-hybridized carbons (Fsp3) is 0.524. The third kappa shape index (κ3) is 9.23. The minimum atomic E-state index is -3.65. The monoisotopic (exact) mass is 422 g/mol. The number of nitrogens with zero attached hydrogens (tertiary/aromatic N) is 1. The predicted octanol–water partition coefficient (Wildman–Crippen LogP) is 2.61. The lowest BCUT2D eigenvalue weighted by Crippen LogP contribution is -2.37. The summed E-state index contributed by atoms with van der Waals surface area (Å²) in [4.78, 5) is 25.7. The molecule has 1 N–H and O–H groups in total. The van der Waals surface area contributed by atoms with Crippen molar-refractivity contribution < 1.29 is 22.7 Å². The molecule has 1 aliphatic heterocycles. The lowest BCUT2D eigenvalue weighted by molar-refractivity contribution is -0.152. The van der Waals surface area contributed by atoms with E-state index in [9.17, 15) is 18.0 Å².